The Labute approximate surface area is 239 Å². The van der Waals surface area contributed by atoms with Gasteiger partial charge in [0, 0.05) is 11.6 Å². The number of carbonyl (C=O) groups is 3. The molecular formula is C30H26O12. The Bertz CT molecular complexity index is 1610. The van der Waals surface area contributed by atoms with Crippen LogP contribution in [0.2, 0.25) is 0 Å². The molecule has 42 heavy (non-hydrogen) atoms. The molecule has 0 saturated carbocycles. The molecule has 218 valence electrons. The van der Waals surface area contributed by atoms with Crippen LogP contribution >= 0.6 is 0 Å². The van der Waals surface area contributed by atoms with E-state index in [0.717, 1.165) is 12.2 Å². The Morgan fingerprint density at radius 2 is 1.29 bits per heavy atom. The van der Waals surface area contributed by atoms with Crippen molar-refractivity contribution in [3.05, 3.63) is 82.6 Å². The summed E-state index contributed by atoms with van der Waals surface area (Å²) in [6, 6.07) is 11.0. The van der Waals surface area contributed by atoms with Gasteiger partial charge >= 0.3 is 17.9 Å². The van der Waals surface area contributed by atoms with Crippen molar-refractivity contribution < 1.29 is 58.9 Å². The lowest BCUT2D eigenvalue weighted by Crippen LogP contribution is -2.08. The average Bonchev–Trinajstić information content (AvgIpc) is 2.96. The Balaban J connectivity index is 2.11. The van der Waals surface area contributed by atoms with Gasteiger partial charge in [0.05, 0.1) is 26.9 Å². The topological polar surface area (TPSA) is 189 Å². The largest absolute Gasteiger partial charge is 0.504 e. The third kappa shape index (κ3) is 7.39. The summed E-state index contributed by atoms with van der Waals surface area (Å²) in [4.78, 5) is 35.2. The van der Waals surface area contributed by atoms with E-state index in [9.17, 15) is 34.8 Å². The van der Waals surface area contributed by atoms with Crippen LogP contribution in [0, 0.1) is 0 Å². The second-order valence-corrected chi connectivity index (χ2v) is 8.41. The maximum absolute atomic E-state index is 12.3. The highest BCUT2D eigenvalue weighted by molar-refractivity contribution is 6.21. The molecule has 12 heteroatoms. The summed E-state index contributed by atoms with van der Waals surface area (Å²) in [7, 11) is 3.88. The van der Waals surface area contributed by atoms with Crippen molar-refractivity contribution >= 4 is 41.7 Å². The fourth-order valence-corrected chi connectivity index (χ4v) is 3.72. The van der Waals surface area contributed by atoms with Gasteiger partial charge in [-0.15, -0.1) is 0 Å². The standard InChI is InChI=1S/C30H26O12/c1-39-23-13-17(4-7-21(23)31)10-20(29(35)36)19-11-18(14-25(41-3)28(19)34)15-26(30(37)38)42-22-8-5-16(6-9-27(32)33)12-24(22)40-2/h4-15,31,34H,1-3H3,(H,32,33)(H,35,36)(H,37,38)/b9-6-,20-10-,26-15+. The van der Waals surface area contributed by atoms with Crippen molar-refractivity contribution in [3.8, 4) is 34.5 Å². The van der Waals surface area contributed by atoms with Gasteiger partial charge in [-0.1, -0.05) is 12.1 Å². The molecule has 3 rings (SSSR count). The molecule has 0 radical (unpaired) electrons. The zero-order valence-electron chi connectivity index (χ0n) is 22.5. The molecule has 0 unspecified atom stereocenters. The molecule has 0 aliphatic carbocycles. The number of aromatic hydroxyl groups is 2. The molecule has 0 aromatic heterocycles. The van der Waals surface area contributed by atoms with Crippen molar-refractivity contribution in [1.29, 1.82) is 0 Å². The highest BCUT2D eigenvalue weighted by Gasteiger charge is 2.21. The fraction of sp³-hybridized carbons (Fsp3) is 0.100. The predicted octanol–water partition coefficient (Wildman–Crippen LogP) is 4.35. The number of phenolic OH excluding ortho intramolecular Hbond substituents is 2. The van der Waals surface area contributed by atoms with E-state index in [0.29, 0.717) is 11.1 Å². The van der Waals surface area contributed by atoms with Crippen LogP contribution in [-0.4, -0.2) is 64.8 Å². The van der Waals surface area contributed by atoms with Crippen molar-refractivity contribution in [2.75, 3.05) is 21.3 Å². The van der Waals surface area contributed by atoms with Gasteiger partial charge in [-0.2, -0.15) is 0 Å². The van der Waals surface area contributed by atoms with Gasteiger partial charge in [-0.25, -0.2) is 14.4 Å². The number of hydrogen-bond donors (Lipinski definition) is 5. The summed E-state index contributed by atoms with van der Waals surface area (Å²) in [6.07, 6.45) is 4.56. The molecule has 0 atom stereocenters. The van der Waals surface area contributed by atoms with E-state index < -0.39 is 29.4 Å². The van der Waals surface area contributed by atoms with Crippen LogP contribution < -0.4 is 18.9 Å². The SMILES string of the molecule is COc1cc(/C=C(\C(=O)O)c2cc(/C=C(/Oc3ccc(/C=C\C(=O)O)cc3OC)C(=O)O)cc(OC)c2O)ccc1O. The second-order valence-electron chi connectivity index (χ2n) is 8.41. The van der Waals surface area contributed by atoms with Crippen LogP contribution in [0.5, 0.6) is 34.5 Å². The lowest BCUT2D eigenvalue weighted by molar-refractivity contribution is -0.135. The third-order valence-electron chi connectivity index (χ3n) is 5.69. The molecule has 0 spiro atoms. The molecule has 12 nitrogen and oxygen atoms in total. The minimum atomic E-state index is -1.48. The van der Waals surface area contributed by atoms with E-state index in [1.165, 1.54) is 82.0 Å². The molecule has 0 bridgehead atoms. The number of carboxylic acids is 3. The first kappa shape index (κ1) is 30.6. The highest BCUT2D eigenvalue weighted by atomic mass is 16.5. The van der Waals surface area contributed by atoms with Crippen LogP contribution in [0.4, 0.5) is 0 Å². The third-order valence-corrected chi connectivity index (χ3v) is 5.69. The predicted molar refractivity (Wildman–Crippen MR) is 151 cm³/mol. The van der Waals surface area contributed by atoms with Crippen molar-refractivity contribution in [1.82, 2.24) is 0 Å². The van der Waals surface area contributed by atoms with E-state index >= 15 is 0 Å². The summed E-state index contributed by atoms with van der Waals surface area (Å²) >= 11 is 0. The number of hydrogen-bond acceptors (Lipinski definition) is 9. The number of ether oxygens (including phenoxy) is 4. The van der Waals surface area contributed by atoms with E-state index in [-0.39, 0.29) is 45.4 Å². The van der Waals surface area contributed by atoms with Crippen LogP contribution in [0.3, 0.4) is 0 Å². The normalized spacial score (nSPS) is 11.7. The molecule has 0 amide bonds. The monoisotopic (exact) mass is 578 g/mol. The van der Waals surface area contributed by atoms with Gasteiger partial charge in [0.2, 0.25) is 5.76 Å². The summed E-state index contributed by atoms with van der Waals surface area (Å²) in [5.41, 5.74) is 0.307. The summed E-state index contributed by atoms with van der Waals surface area (Å²) in [5.74, 6) is -5.27. The first-order chi connectivity index (χ1) is 20.0. The van der Waals surface area contributed by atoms with Gasteiger partial charge < -0.3 is 44.5 Å². The molecule has 3 aromatic rings. The Hall–Kier alpha value is -5.91. The minimum absolute atomic E-state index is 0.00279. The number of rotatable bonds is 12. The molecular weight excluding hydrogens is 552 g/mol. The van der Waals surface area contributed by atoms with Crippen LogP contribution in [-0.2, 0) is 14.4 Å². The quantitative estimate of drug-likeness (QED) is 0.116. The number of benzene rings is 3. The summed E-state index contributed by atoms with van der Waals surface area (Å²) < 4.78 is 21.1. The van der Waals surface area contributed by atoms with E-state index in [2.05, 4.69) is 0 Å². The molecule has 5 N–H and O–H groups in total. The molecule has 0 fully saturated rings. The summed E-state index contributed by atoms with van der Waals surface area (Å²) in [6.45, 7) is 0. The number of phenols is 2. The van der Waals surface area contributed by atoms with Crippen molar-refractivity contribution in [3.63, 3.8) is 0 Å². The lowest BCUT2D eigenvalue weighted by Gasteiger charge is -2.14. The van der Waals surface area contributed by atoms with Gasteiger partial charge in [0.25, 0.3) is 0 Å². The molecule has 0 aliphatic heterocycles. The molecule has 3 aromatic carbocycles. The Morgan fingerprint density at radius 1 is 0.667 bits per heavy atom. The lowest BCUT2D eigenvalue weighted by atomic mass is 9.98. The minimum Gasteiger partial charge on any atom is -0.504 e. The van der Waals surface area contributed by atoms with Crippen molar-refractivity contribution in [2.45, 2.75) is 0 Å². The van der Waals surface area contributed by atoms with Crippen LogP contribution in [0.25, 0.3) is 23.8 Å². The molecule has 0 aliphatic rings. The van der Waals surface area contributed by atoms with Crippen LogP contribution in [0.1, 0.15) is 22.3 Å². The highest BCUT2D eigenvalue weighted by Crippen LogP contribution is 2.38. The molecule has 0 heterocycles. The zero-order chi connectivity index (χ0) is 31.0. The van der Waals surface area contributed by atoms with Crippen LogP contribution in [0.15, 0.2) is 60.4 Å². The van der Waals surface area contributed by atoms with Gasteiger partial charge in [0.15, 0.2) is 34.5 Å². The number of aliphatic carboxylic acids is 3. The zero-order valence-corrected chi connectivity index (χ0v) is 22.5. The van der Waals surface area contributed by atoms with Gasteiger partial charge in [-0.3, -0.25) is 0 Å². The van der Waals surface area contributed by atoms with Gasteiger partial charge in [0.1, 0.15) is 0 Å². The van der Waals surface area contributed by atoms with Crippen molar-refractivity contribution in [2.24, 2.45) is 0 Å². The maximum atomic E-state index is 12.3. The van der Waals surface area contributed by atoms with Gasteiger partial charge in [-0.05, 0) is 71.3 Å². The first-order valence-electron chi connectivity index (χ1n) is 11.9. The van der Waals surface area contributed by atoms with E-state index in [4.69, 9.17) is 24.1 Å². The Kier molecular flexibility index (Phi) is 9.80. The maximum Gasteiger partial charge on any atom is 0.371 e. The second kappa shape index (κ2) is 13.4. The smallest absolute Gasteiger partial charge is 0.371 e. The fourth-order valence-electron chi connectivity index (χ4n) is 3.72. The first-order valence-corrected chi connectivity index (χ1v) is 11.9. The number of methoxy groups -OCH3 is 3. The summed E-state index contributed by atoms with van der Waals surface area (Å²) in [5, 5.41) is 49.3. The van der Waals surface area contributed by atoms with E-state index in [1.54, 1.807) is 0 Å². The molecule has 0 saturated heterocycles. The Morgan fingerprint density at radius 3 is 1.88 bits per heavy atom. The average molecular weight is 579 g/mol. The number of carboxylic acid groups (broad SMARTS) is 3. The van der Waals surface area contributed by atoms with E-state index in [1.807, 2.05) is 0 Å².